The summed E-state index contributed by atoms with van der Waals surface area (Å²) < 4.78 is 5.99. The molecule has 1 N–H and O–H groups in total. The zero-order chi connectivity index (χ0) is 14.7. The van der Waals surface area contributed by atoms with Gasteiger partial charge < -0.3 is 10.1 Å². The maximum Gasteiger partial charge on any atom is 0.149 e. The first-order valence-electron chi connectivity index (χ1n) is 7.20. The van der Waals surface area contributed by atoms with Crippen molar-refractivity contribution >= 4 is 11.6 Å². The van der Waals surface area contributed by atoms with Crippen LogP contribution in [0.4, 0.5) is 0 Å². The maximum atomic E-state index is 5.99. The molecule has 2 aromatic rings. The Balaban J connectivity index is 1.90. The summed E-state index contributed by atoms with van der Waals surface area (Å²) in [5.74, 6) is 1.95. The molecule has 110 valence electrons. The van der Waals surface area contributed by atoms with Crippen LogP contribution in [0, 0.1) is 6.92 Å². The SMILES string of the molecule is Cc1ccc(Oc2ccnc(Cl)c2)c(C2CCNCC2)n1. The van der Waals surface area contributed by atoms with E-state index in [2.05, 4.69) is 10.3 Å². The molecule has 0 saturated carbocycles. The molecule has 1 saturated heterocycles. The van der Waals surface area contributed by atoms with Gasteiger partial charge in [-0.05, 0) is 51.1 Å². The number of aromatic nitrogens is 2. The smallest absolute Gasteiger partial charge is 0.149 e. The molecule has 1 fully saturated rings. The summed E-state index contributed by atoms with van der Waals surface area (Å²) in [6, 6.07) is 7.49. The predicted molar refractivity (Wildman–Crippen MR) is 83.1 cm³/mol. The average Bonchev–Trinajstić information content (AvgIpc) is 2.50. The van der Waals surface area contributed by atoms with Crippen molar-refractivity contribution in [1.82, 2.24) is 15.3 Å². The van der Waals surface area contributed by atoms with Crippen LogP contribution in [-0.4, -0.2) is 23.1 Å². The Morgan fingerprint density at radius 2 is 2.05 bits per heavy atom. The van der Waals surface area contributed by atoms with Gasteiger partial charge in [-0.25, -0.2) is 4.98 Å². The summed E-state index contributed by atoms with van der Waals surface area (Å²) >= 11 is 5.91. The van der Waals surface area contributed by atoms with Gasteiger partial charge in [0.2, 0.25) is 0 Å². The van der Waals surface area contributed by atoms with E-state index in [-0.39, 0.29) is 0 Å². The number of aryl methyl sites for hydroxylation is 1. The number of halogens is 1. The molecule has 21 heavy (non-hydrogen) atoms. The highest BCUT2D eigenvalue weighted by molar-refractivity contribution is 6.29. The number of hydrogen-bond acceptors (Lipinski definition) is 4. The van der Waals surface area contributed by atoms with Crippen molar-refractivity contribution in [2.75, 3.05) is 13.1 Å². The van der Waals surface area contributed by atoms with Crippen LogP contribution in [0.15, 0.2) is 30.5 Å². The molecule has 1 aliphatic heterocycles. The van der Waals surface area contributed by atoms with E-state index in [4.69, 9.17) is 21.3 Å². The lowest BCUT2D eigenvalue weighted by Gasteiger charge is -2.24. The van der Waals surface area contributed by atoms with Gasteiger partial charge in [0, 0.05) is 23.9 Å². The zero-order valence-electron chi connectivity index (χ0n) is 12.0. The van der Waals surface area contributed by atoms with E-state index in [0.717, 1.165) is 43.1 Å². The summed E-state index contributed by atoms with van der Waals surface area (Å²) in [5, 5.41) is 3.81. The summed E-state index contributed by atoms with van der Waals surface area (Å²) in [6.45, 7) is 4.07. The van der Waals surface area contributed by atoms with E-state index in [9.17, 15) is 0 Å². The lowest BCUT2D eigenvalue weighted by Crippen LogP contribution is -2.27. The van der Waals surface area contributed by atoms with E-state index in [1.807, 2.05) is 19.1 Å². The minimum atomic E-state index is 0.427. The molecule has 2 aromatic heterocycles. The highest BCUT2D eigenvalue weighted by Crippen LogP contribution is 2.34. The molecule has 3 heterocycles. The fourth-order valence-corrected chi connectivity index (χ4v) is 2.78. The third-order valence-corrected chi connectivity index (χ3v) is 3.88. The number of nitrogens with one attached hydrogen (secondary N) is 1. The molecular formula is C16H18ClN3O. The fourth-order valence-electron chi connectivity index (χ4n) is 2.61. The highest BCUT2D eigenvalue weighted by atomic mass is 35.5. The average molecular weight is 304 g/mol. The van der Waals surface area contributed by atoms with E-state index in [1.54, 1.807) is 18.3 Å². The van der Waals surface area contributed by atoms with Crippen LogP contribution < -0.4 is 10.1 Å². The minimum Gasteiger partial charge on any atom is -0.455 e. The van der Waals surface area contributed by atoms with E-state index in [0.29, 0.717) is 16.8 Å². The second-order valence-corrected chi connectivity index (χ2v) is 5.66. The number of hydrogen-bond donors (Lipinski definition) is 1. The fraction of sp³-hybridized carbons (Fsp3) is 0.375. The molecule has 0 amide bonds. The van der Waals surface area contributed by atoms with Gasteiger partial charge in [-0.1, -0.05) is 11.6 Å². The van der Waals surface area contributed by atoms with Crippen molar-refractivity contribution in [2.45, 2.75) is 25.7 Å². The monoisotopic (exact) mass is 303 g/mol. The summed E-state index contributed by atoms with van der Waals surface area (Å²) in [7, 11) is 0. The first-order chi connectivity index (χ1) is 10.2. The molecule has 3 rings (SSSR count). The summed E-state index contributed by atoms with van der Waals surface area (Å²) in [5.41, 5.74) is 2.06. The lowest BCUT2D eigenvalue weighted by atomic mass is 9.93. The van der Waals surface area contributed by atoms with Crippen LogP contribution in [0.2, 0.25) is 5.15 Å². The lowest BCUT2D eigenvalue weighted by molar-refractivity contribution is 0.420. The van der Waals surface area contributed by atoms with Gasteiger partial charge in [-0.2, -0.15) is 0 Å². The van der Waals surface area contributed by atoms with Crippen LogP contribution in [0.3, 0.4) is 0 Å². The van der Waals surface area contributed by atoms with Gasteiger partial charge in [0.1, 0.15) is 16.7 Å². The van der Waals surface area contributed by atoms with E-state index in [1.165, 1.54) is 0 Å². The molecule has 4 nitrogen and oxygen atoms in total. The quantitative estimate of drug-likeness (QED) is 0.878. The van der Waals surface area contributed by atoms with Gasteiger partial charge in [-0.3, -0.25) is 4.98 Å². The zero-order valence-corrected chi connectivity index (χ0v) is 12.7. The topological polar surface area (TPSA) is 47.0 Å². The number of piperidine rings is 1. The van der Waals surface area contributed by atoms with Crippen LogP contribution >= 0.6 is 11.6 Å². The number of nitrogens with zero attached hydrogens (tertiary/aromatic N) is 2. The standard InChI is InChI=1S/C16H18ClN3O/c1-11-2-3-14(21-13-6-9-19-15(17)10-13)16(20-11)12-4-7-18-8-5-12/h2-3,6,9-10,12,18H,4-5,7-8H2,1H3. The molecule has 0 unspecified atom stereocenters. The second kappa shape index (κ2) is 6.41. The predicted octanol–water partition coefficient (Wildman–Crippen LogP) is 3.70. The third kappa shape index (κ3) is 3.52. The first-order valence-corrected chi connectivity index (χ1v) is 7.58. The van der Waals surface area contributed by atoms with E-state index < -0.39 is 0 Å². The van der Waals surface area contributed by atoms with Crippen molar-refractivity contribution in [2.24, 2.45) is 0 Å². The van der Waals surface area contributed by atoms with Crippen molar-refractivity contribution in [3.05, 3.63) is 47.0 Å². The van der Waals surface area contributed by atoms with Gasteiger partial charge in [-0.15, -0.1) is 0 Å². The van der Waals surface area contributed by atoms with Crippen LogP contribution in [-0.2, 0) is 0 Å². The van der Waals surface area contributed by atoms with Crippen LogP contribution in [0.25, 0.3) is 0 Å². The Kier molecular flexibility index (Phi) is 4.36. The van der Waals surface area contributed by atoms with Crippen molar-refractivity contribution < 1.29 is 4.74 Å². The molecule has 0 bridgehead atoms. The molecular weight excluding hydrogens is 286 g/mol. The van der Waals surface area contributed by atoms with Gasteiger partial charge >= 0.3 is 0 Å². The first kappa shape index (κ1) is 14.3. The highest BCUT2D eigenvalue weighted by Gasteiger charge is 2.21. The van der Waals surface area contributed by atoms with Crippen molar-refractivity contribution in [1.29, 1.82) is 0 Å². The van der Waals surface area contributed by atoms with Gasteiger partial charge in [0.25, 0.3) is 0 Å². The van der Waals surface area contributed by atoms with Crippen LogP contribution in [0.5, 0.6) is 11.5 Å². The Hall–Kier alpha value is -1.65. The van der Waals surface area contributed by atoms with E-state index >= 15 is 0 Å². The number of rotatable bonds is 3. The molecule has 0 atom stereocenters. The second-order valence-electron chi connectivity index (χ2n) is 5.28. The molecule has 1 aliphatic rings. The molecule has 0 radical (unpaired) electrons. The Bertz CT molecular complexity index is 627. The maximum absolute atomic E-state index is 5.99. The molecule has 0 aliphatic carbocycles. The number of pyridine rings is 2. The normalized spacial score (nSPS) is 15.9. The van der Waals surface area contributed by atoms with Gasteiger partial charge in [0.05, 0.1) is 5.69 Å². The third-order valence-electron chi connectivity index (χ3n) is 3.68. The Morgan fingerprint density at radius 1 is 1.24 bits per heavy atom. The minimum absolute atomic E-state index is 0.427. The largest absolute Gasteiger partial charge is 0.455 e. The van der Waals surface area contributed by atoms with Crippen molar-refractivity contribution in [3.8, 4) is 11.5 Å². The Labute approximate surface area is 129 Å². The molecule has 5 heteroatoms. The Morgan fingerprint density at radius 3 is 2.81 bits per heavy atom. The summed E-state index contributed by atoms with van der Waals surface area (Å²) in [6.07, 6.45) is 3.82. The molecule has 0 aromatic carbocycles. The molecule has 0 spiro atoms. The van der Waals surface area contributed by atoms with Gasteiger partial charge in [0.15, 0.2) is 0 Å². The van der Waals surface area contributed by atoms with Crippen molar-refractivity contribution in [3.63, 3.8) is 0 Å². The summed E-state index contributed by atoms with van der Waals surface area (Å²) in [4.78, 5) is 8.68. The number of ether oxygens (including phenoxy) is 1. The van der Waals surface area contributed by atoms with Crippen LogP contribution in [0.1, 0.15) is 30.1 Å².